The summed E-state index contributed by atoms with van der Waals surface area (Å²) in [4.78, 5) is 0. The molecule has 0 unspecified atom stereocenters. The lowest BCUT2D eigenvalue weighted by Gasteiger charge is -2.40. The SMILES string of the molecule is CCc1ccc(Oc2cn([C@@H]3O[C@H](CO)[C@@H](O)[C@H](O)[C@H]3O)c3ccccc23)cc1. The molecule has 29 heavy (non-hydrogen) atoms. The van der Waals surface area contributed by atoms with Crippen molar-refractivity contribution in [1.29, 1.82) is 0 Å². The minimum Gasteiger partial charge on any atom is -0.455 e. The molecule has 2 heterocycles. The number of ether oxygens (including phenoxy) is 2. The van der Waals surface area contributed by atoms with Crippen LogP contribution in [0, 0.1) is 0 Å². The Bertz CT molecular complexity index is 967. The van der Waals surface area contributed by atoms with E-state index in [1.54, 1.807) is 10.8 Å². The van der Waals surface area contributed by atoms with Crippen LogP contribution in [0.15, 0.2) is 54.7 Å². The standard InChI is InChI=1S/C22H25NO6/c1-2-13-7-9-14(10-8-13)28-17-11-23(16-6-4-3-5-15(16)17)22-21(27)20(26)19(25)18(12-24)29-22/h3-11,18-22,24-27H,2,12H2,1H3/t18-,19-,20+,21-,22-/m1/s1. The molecule has 1 aromatic heterocycles. The summed E-state index contributed by atoms with van der Waals surface area (Å²) < 4.78 is 13.5. The number of hydrogen-bond acceptors (Lipinski definition) is 6. The lowest BCUT2D eigenvalue weighted by Crippen LogP contribution is -2.56. The molecule has 0 saturated carbocycles. The molecule has 1 fully saturated rings. The van der Waals surface area contributed by atoms with E-state index >= 15 is 0 Å². The molecule has 0 aliphatic carbocycles. The van der Waals surface area contributed by atoms with Crippen molar-refractivity contribution >= 4 is 10.9 Å². The third-order valence-corrected chi connectivity index (χ3v) is 5.40. The summed E-state index contributed by atoms with van der Waals surface area (Å²) in [7, 11) is 0. The van der Waals surface area contributed by atoms with Crippen LogP contribution >= 0.6 is 0 Å². The normalized spacial score (nSPS) is 27.3. The molecule has 0 amide bonds. The van der Waals surface area contributed by atoms with Crippen LogP contribution in [-0.2, 0) is 11.2 Å². The van der Waals surface area contributed by atoms with E-state index in [0.29, 0.717) is 11.5 Å². The van der Waals surface area contributed by atoms with Gasteiger partial charge in [-0.3, -0.25) is 0 Å². The topological polar surface area (TPSA) is 104 Å². The van der Waals surface area contributed by atoms with Gasteiger partial charge in [-0.1, -0.05) is 31.2 Å². The van der Waals surface area contributed by atoms with Gasteiger partial charge in [0.2, 0.25) is 0 Å². The Kier molecular flexibility index (Phi) is 5.58. The van der Waals surface area contributed by atoms with Crippen LogP contribution in [0.5, 0.6) is 11.5 Å². The van der Waals surface area contributed by atoms with E-state index in [0.717, 1.165) is 17.3 Å². The second-order valence-corrected chi connectivity index (χ2v) is 7.24. The summed E-state index contributed by atoms with van der Waals surface area (Å²) in [6, 6.07) is 15.3. The van der Waals surface area contributed by atoms with Crippen LogP contribution in [0.1, 0.15) is 18.7 Å². The molecule has 1 saturated heterocycles. The molecule has 1 aliphatic heterocycles. The van der Waals surface area contributed by atoms with Crippen LogP contribution in [0.3, 0.4) is 0 Å². The highest BCUT2D eigenvalue weighted by Gasteiger charge is 2.44. The Balaban J connectivity index is 1.72. The number of benzene rings is 2. The fourth-order valence-electron chi connectivity index (χ4n) is 3.70. The van der Waals surface area contributed by atoms with Gasteiger partial charge in [-0.05, 0) is 36.2 Å². The Labute approximate surface area is 168 Å². The van der Waals surface area contributed by atoms with Gasteiger partial charge in [0.1, 0.15) is 30.2 Å². The first-order chi connectivity index (χ1) is 14.0. The van der Waals surface area contributed by atoms with Crippen molar-refractivity contribution in [2.24, 2.45) is 0 Å². The van der Waals surface area contributed by atoms with Crippen molar-refractivity contribution in [3.8, 4) is 11.5 Å². The fourth-order valence-corrected chi connectivity index (χ4v) is 3.70. The van der Waals surface area contributed by atoms with E-state index in [9.17, 15) is 20.4 Å². The van der Waals surface area contributed by atoms with Crippen molar-refractivity contribution < 1.29 is 29.9 Å². The summed E-state index contributed by atoms with van der Waals surface area (Å²) in [5, 5.41) is 41.0. The third kappa shape index (κ3) is 3.63. The first-order valence-corrected chi connectivity index (χ1v) is 9.70. The predicted molar refractivity (Wildman–Crippen MR) is 107 cm³/mol. The molecule has 0 radical (unpaired) electrons. The van der Waals surface area contributed by atoms with Gasteiger partial charge in [0.05, 0.1) is 18.3 Å². The number of aliphatic hydroxyl groups excluding tert-OH is 4. The summed E-state index contributed by atoms with van der Waals surface area (Å²) in [5.41, 5.74) is 1.94. The van der Waals surface area contributed by atoms with Crippen molar-refractivity contribution in [2.75, 3.05) is 6.61 Å². The molecule has 154 valence electrons. The number of nitrogens with zero attached hydrogens (tertiary/aromatic N) is 1. The van der Waals surface area contributed by atoms with Gasteiger partial charge in [-0.25, -0.2) is 0 Å². The second kappa shape index (κ2) is 8.14. The Morgan fingerprint density at radius 3 is 2.38 bits per heavy atom. The van der Waals surface area contributed by atoms with Crippen molar-refractivity contribution in [3.63, 3.8) is 0 Å². The van der Waals surface area contributed by atoms with Crippen LogP contribution in [0.2, 0.25) is 0 Å². The molecule has 7 heteroatoms. The summed E-state index contributed by atoms with van der Waals surface area (Å²) in [5.74, 6) is 1.25. The van der Waals surface area contributed by atoms with Crippen LogP contribution in [-0.4, -0.2) is 56.0 Å². The van der Waals surface area contributed by atoms with E-state index in [-0.39, 0.29) is 0 Å². The fraction of sp³-hybridized carbons (Fsp3) is 0.364. The average Bonchev–Trinajstić information content (AvgIpc) is 3.11. The number of hydrogen-bond donors (Lipinski definition) is 4. The maximum absolute atomic E-state index is 10.5. The summed E-state index contributed by atoms with van der Waals surface area (Å²) in [6.07, 6.45) is -3.55. The van der Waals surface area contributed by atoms with Gasteiger partial charge in [0.15, 0.2) is 12.0 Å². The molecule has 0 bridgehead atoms. The third-order valence-electron chi connectivity index (χ3n) is 5.40. The molecule has 7 nitrogen and oxygen atoms in total. The summed E-state index contributed by atoms with van der Waals surface area (Å²) >= 11 is 0. The summed E-state index contributed by atoms with van der Waals surface area (Å²) in [6.45, 7) is 1.61. The molecule has 0 spiro atoms. The van der Waals surface area contributed by atoms with Crippen LogP contribution in [0.4, 0.5) is 0 Å². The zero-order valence-corrected chi connectivity index (χ0v) is 16.0. The second-order valence-electron chi connectivity index (χ2n) is 7.24. The van der Waals surface area contributed by atoms with Crippen LogP contribution < -0.4 is 4.74 Å². The molecule has 2 aromatic carbocycles. The smallest absolute Gasteiger partial charge is 0.163 e. The first kappa shape index (κ1) is 19.9. The number of aromatic nitrogens is 1. The Morgan fingerprint density at radius 2 is 1.69 bits per heavy atom. The predicted octanol–water partition coefficient (Wildman–Crippen LogP) is 1.97. The average molecular weight is 399 g/mol. The van der Waals surface area contributed by atoms with E-state index in [4.69, 9.17) is 9.47 Å². The molecule has 5 atom stereocenters. The molecule has 1 aliphatic rings. The molecular formula is C22H25NO6. The highest BCUT2D eigenvalue weighted by atomic mass is 16.6. The minimum absolute atomic E-state index is 0.478. The van der Waals surface area contributed by atoms with Gasteiger partial charge in [0.25, 0.3) is 0 Å². The van der Waals surface area contributed by atoms with E-state index < -0.39 is 37.3 Å². The number of fused-ring (bicyclic) bond motifs is 1. The minimum atomic E-state index is -1.45. The number of rotatable bonds is 5. The number of para-hydroxylation sites is 1. The molecule has 3 aromatic rings. The lowest BCUT2D eigenvalue weighted by atomic mass is 9.98. The lowest BCUT2D eigenvalue weighted by molar-refractivity contribution is -0.250. The monoisotopic (exact) mass is 399 g/mol. The van der Waals surface area contributed by atoms with Gasteiger partial charge in [-0.2, -0.15) is 0 Å². The van der Waals surface area contributed by atoms with Gasteiger partial charge in [-0.15, -0.1) is 0 Å². The zero-order chi connectivity index (χ0) is 20.5. The van der Waals surface area contributed by atoms with E-state index in [2.05, 4.69) is 6.92 Å². The quantitative estimate of drug-likeness (QED) is 0.523. The highest BCUT2D eigenvalue weighted by molar-refractivity contribution is 5.87. The number of aliphatic hydroxyl groups is 4. The maximum Gasteiger partial charge on any atom is 0.163 e. The van der Waals surface area contributed by atoms with Gasteiger partial charge >= 0.3 is 0 Å². The largest absolute Gasteiger partial charge is 0.455 e. The number of aryl methyl sites for hydroxylation is 1. The van der Waals surface area contributed by atoms with E-state index in [1.165, 1.54) is 5.56 Å². The first-order valence-electron chi connectivity index (χ1n) is 9.70. The Hall–Kier alpha value is -2.42. The molecular weight excluding hydrogens is 374 g/mol. The van der Waals surface area contributed by atoms with Crippen molar-refractivity contribution in [1.82, 2.24) is 4.57 Å². The van der Waals surface area contributed by atoms with Crippen LogP contribution in [0.25, 0.3) is 10.9 Å². The molecule has 4 N–H and O–H groups in total. The van der Waals surface area contributed by atoms with Gasteiger partial charge in [0, 0.05) is 5.39 Å². The van der Waals surface area contributed by atoms with Crippen molar-refractivity contribution in [2.45, 2.75) is 44.0 Å². The molecule has 4 rings (SSSR count). The van der Waals surface area contributed by atoms with E-state index in [1.807, 2.05) is 48.5 Å². The highest BCUT2D eigenvalue weighted by Crippen LogP contribution is 2.37. The van der Waals surface area contributed by atoms with Crippen molar-refractivity contribution in [3.05, 3.63) is 60.3 Å². The van der Waals surface area contributed by atoms with Gasteiger partial charge < -0.3 is 34.5 Å². The maximum atomic E-state index is 10.5. The Morgan fingerprint density at radius 1 is 0.966 bits per heavy atom. The zero-order valence-electron chi connectivity index (χ0n) is 16.0.